The van der Waals surface area contributed by atoms with E-state index in [2.05, 4.69) is 5.32 Å². The van der Waals surface area contributed by atoms with Gasteiger partial charge in [0.1, 0.15) is 11.6 Å². The summed E-state index contributed by atoms with van der Waals surface area (Å²) in [6.07, 6.45) is 0.235. The van der Waals surface area contributed by atoms with Crippen LogP contribution in [0.2, 0.25) is 0 Å². The van der Waals surface area contributed by atoms with Crippen molar-refractivity contribution in [3.63, 3.8) is 0 Å². The quantitative estimate of drug-likeness (QED) is 0.335. The van der Waals surface area contributed by atoms with Crippen molar-refractivity contribution in [3.05, 3.63) is 76.7 Å². The minimum atomic E-state index is -0.347. The maximum Gasteiger partial charge on any atom is 0.312 e. The molecule has 0 fully saturated rings. The van der Waals surface area contributed by atoms with Crippen molar-refractivity contribution < 1.29 is 18.7 Å². The van der Waals surface area contributed by atoms with Gasteiger partial charge in [0.15, 0.2) is 0 Å². The van der Waals surface area contributed by atoms with Crippen molar-refractivity contribution in [3.8, 4) is 5.75 Å². The molecule has 0 spiro atoms. The van der Waals surface area contributed by atoms with Crippen LogP contribution in [0.1, 0.15) is 16.1 Å². The number of amides is 1. The third-order valence-electron chi connectivity index (χ3n) is 3.48. The zero-order chi connectivity index (χ0) is 19.1. The summed E-state index contributed by atoms with van der Waals surface area (Å²) in [4.78, 5) is 25.4. The molecule has 0 aliphatic carbocycles. The van der Waals surface area contributed by atoms with Gasteiger partial charge in [0.2, 0.25) is 0 Å². The Labute approximate surface area is 164 Å². The molecule has 1 N–H and O–H groups in total. The predicted octanol–water partition coefficient (Wildman–Crippen LogP) is 5.23. The Balaban J connectivity index is 1.44. The highest BCUT2D eigenvalue weighted by Gasteiger charge is 2.08. The summed E-state index contributed by atoms with van der Waals surface area (Å²) in [5, 5.41) is 4.62. The number of thioether (sulfide) groups is 1. The number of thiophene rings is 1. The van der Waals surface area contributed by atoms with E-state index in [9.17, 15) is 14.0 Å². The third kappa shape index (κ3) is 5.94. The Morgan fingerprint density at radius 3 is 2.44 bits per heavy atom. The second kappa shape index (κ2) is 9.34. The van der Waals surface area contributed by atoms with Gasteiger partial charge in [-0.15, -0.1) is 23.1 Å². The van der Waals surface area contributed by atoms with Crippen molar-refractivity contribution in [1.29, 1.82) is 0 Å². The number of hydrogen-bond donors (Lipinski definition) is 1. The predicted molar refractivity (Wildman–Crippen MR) is 106 cm³/mol. The van der Waals surface area contributed by atoms with Crippen LogP contribution < -0.4 is 10.1 Å². The summed E-state index contributed by atoms with van der Waals surface area (Å²) in [7, 11) is 0. The molecular formula is C20H16FNO3S2. The molecule has 7 heteroatoms. The first kappa shape index (κ1) is 19.1. The van der Waals surface area contributed by atoms with E-state index in [1.807, 2.05) is 11.4 Å². The zero-order valence-corrected chi connectivity index (χ0v) is 15.8. The first-order valence-electron chi connectivity index (χ1n) is 8.14. The fourth-order valence-corrected chi connectivity index (χ4v) is 3.62. The lowest BCUT2D eigenvalue weighted by Gasteiger charge is -2.07. The molecule has 3 aromatic rings. The lowest BCUT2D eigenvalue weighted by Crippen LogP contribution is -2.11. The van der Waals surface area contributed by atoms with E-state index in [0.717, 1.165) is 4.90 Å². The lowest BCUT2D eigenvalue weighted by atomic mass is 10.3. The number of nitrogens with one attached hydrogen (secondary N) is 1. The highest BCUT2D eigenvalue weighted by atomic mass is 32.2. The van der Waals surface area contributed by atoms with E-state index in [1.165, 1.54) is 35.2 Å². The molecule has 0 unspecified atom stereocenters. The number of esters is 1. The fraction of sp³-hybridized carbons (Fsp3) is 0.100. The molecule has 0 saturated carbocycles. The SMILES string of the molecule is O=C(CCSc1ccc(F)cc1)Oc1ccc(NC(=O)c2cccs2)cc1. The molecule has 27 heavy (non-hydrogen) atoms. The Bertz CT molecular complexity index is 894. The summed E-state index contributed by atoms with van der Waals surface area (Å²) in [6, 6.07) is 16.3. The fourth-order valence-electron chi connectivity index (χ4n) is 2.17. The molecule has 1 aromatic heterocycles. The lowest BCUT2D eigenvalue weighted by molar-refractivity contribution is -0.133. The van der Waals surface area contributed by atoms with Gasteiger partial charge in [-0.25, -0.2) is 4.39 Å². The number of rotatable bonds is 7. The Morgan fingerprint density at radius 2 is 1.78 bits per heavy atom. The van der Waals surface area contributed by atoms with Gasteiger partial charge in [-0.3, -0.25) is 9.59 Å². The number of carbonyl (C=O) groups excluding carboxylic acids is 2. The number of benzene rings is 2. The van der Waals surface area contributed by atoms with Crippen molar-refractivity contribution in [2.75, 3.05) is 11.1 Å². The molecule has 0 saturated heterocycles. The van der Waals surface area contributed by atoms with Gasteiger partial charge in [0.05, 0.1) is 11.3 Å². The number of anilines is 1. The normalized spacial score (nSPS) is 10.4. The molecule has 3 rings (SSSR count). The largest absolute Gasteiger partial charge is 0.427 e. The van der Waals surface area contributed by atoms with Gasteiger partial charge < -0.3 is 10.1 Å². The molecule has 0 bridgehead atoms. The minimum absolute atomic E-state index is 0.174. The van der Waals surface area contributed by atoms with Crippen molar-refractivity contribution in [2.45, 2.75) is 11.3 Å². The number of ether oxygens (including phenoxy) is 1. The Kier molecular flexibility index (Phi) is 6.62. The average molecular weight is 401 g/mol. The van der Waals surface area contributed by atoms with Crippen molar-refractivity contribution >= 4 is 40.7 Å². The summed E-state index contributed by atoms with van der Waals surface area (Å²) in [5.74, 6) is 0.154. The second-order valence-corrected chi connectivity index (χ2v) is 7.60. The molecule has 1 heterocycles. The third-order valence-corrected chi connectivity index (χ3v) is 5.36. The summed E-state index contributed by atoms with van der Waals surface area (Å²) in [5.41, 5.74) is 0.625. The first-order valence-corrected chi connectivity index (χ1v) is 10.0. The Hall–Kier alpha value is -2.64. The topological polar surface area (TPSA) is 55.4 Å². The van der Waals surface area contributed by atoms with E-state index >= 15 is 0 Å². The minimum Gasteiger partial charge on any atom is -0.427 e. The van der Waals surface area contributed by atoms with Crippen LogP contribution in [0.15, 0.2) is 70.9 Å². The summed E-state index contributed by atoms with van der Waals surface area (Å²) < 4.78 is 18.1. The van der Waals surface area contributed by atoms with Crippen LogP contribution in [0.3, 0.4) is 0 Å². The van der Waals surface area contributed by atoms with Gasteiger partial charge in [-0.2, -0.15) is 0 Å². The van der Waals surface area contributed by atoms with Gasteiger partial charge in [0.25, 0.3) is 5.91 Å². The maximum atomic E-state index is 12.8. The van der Waals surface area contributed by atoms with Gasteiger partial charge in [-0.05, 0) is 60.0 Å². The number of carbonyl (C=O) groups is 2. The van der Waals surface area contributed by atoms with E-state index < -0.39 is 0 Å². The van der Waals surface area contributed by atoms with Gasteiger partial charge in [-0.1, -0.05) is 6.07 Å². The van der Waals surface area contributed by atoms with E-state index in [-0.39, 0.29) is 24.1 Å². The molecule has 2 aromatic carbocycles. The highest BCUT2D eigenvalue weighted by Crippen LogP contribution is 2.21. The smallest absolute Gasteiger partial charge is 0.312 e. The first-order chi connectivity index (χ1) is 13.1. The average Bonchev–Trinajstić information content (AvgIpc) is 3.20. The Morgan fingerprint density at radius 1 is 1.04 bits per heavy atom. The molecule has 1 amide bonds. The van der Waals surface area contributed by atoms with E-state index in [4.69, 9.17) is 4.74 Å². The second-order valence-electron chi connectivity index (χ2n) is 5.48. The monoisotopic (exact) mass is 401 g/mol. The standard InChI is InChI=1S/C20H16FNO3S2/c21-14-3-9-17(10-4-14)26-13-11-19(23)25-16-7-5-15(6-8-16)22-20(24)18-2-1-12-27-18/h1-10,12H,11,13H2,(H,22,24). The molecule has 138 valence electrons. The van der Waals surface area contributed by atoms with Crippen LogP contribution in [0.4, 0.5) is 10.1 Å². The van der Waals surface area contributed by atoms with E-state index in [0.29, 0.717) is 22.1 Å². The number of halogens is 1. The zero-order valence-electron chi connectivity index (χ0n) is 14.2. The van der Waals surface area contributed by atoms with Gasteiger partial charge in [0, 0.05) is 16.3 Å². The summed E-state index contributed by atoms with van der Waals surface area (Å²) >= 11 is 2.83. The van der Waals surface area contributed by atoms with Crippen LogP contribution in [-0.2, 0) is 4.79 Å². The van der Waals surface area contributed by atoms with Gasteiger partial charge >= 0.3 is 5.97 Å². The number of hydrogen-bond acceptors (Lipinski definition) is 5. The van der Waals surface area contributed by atoms with Crippen LogP contribution in [0.25, 0.3) is 0 Å². The molecule has 0 aliphatic heterocycles. The van der Waals surface area contributed by atoms with Crippen LogP contribution in [0, 0.1) is 5.82 Å². The van der Waals surface area contributed by atoms with Crippen LogP contribution >= 0.6 is 23.1 Å². The summed E-state index contributed by atoms with van der Waals surface area (Å²) in [6.45, 7) is 0. The molecular weight excluding hydrogens is 385 g/mol. The molecule has 0 atom stereocenters. The van der Waals surface area contributed by atoms with Crippen molar-refractivity contribution in [1.82, 2.24) is 0 Å². The van der Waals surface area contributed by atoms with Crippen LogP contribution in [-0.4, -0.2) is 17.6 Å². The van der Waals surface area contributed by atoms with Crippen LogP contribution in [0.5, 0.6) is 5.75 Å². The van der Waals surface area contributed by atoms with E-state index in [1.54, 1.807) is 42.5 Å². The van der Waals surface area contributed by atoms with Crippen molar-refractivity contribution in [2.24, 2.45) is 0 Å². The molecule has 0 radical (unpaired) electrons. The highest BCUT2D eigenvalue weighted by molar-refractivity contribution is 7.99. The maximum absolute atomic E-state index is 12.8. The molecule has 0 aliphatic rings. The molecule has 4 nitrogen and oxygen atoms in total.